The number of pyridine rings is 1. The Morgan fingerprint density at radius 3 is 2.83 bits per heavy atom. The van der Waals surface area contributed by atoms with Gasteiger partial charge in [0.25, 0.3) is 0 Å². The van der Waals surface area contributed by atoms with E-state index >= 15 is 0 Å². The SMILES string of the molecule is CCNC(=O)C1=CC=C(n2ccc3cc(CCC(F)(F)CCNC=O)cnc32)CC1. The maximum Gasteiger partial charge on any atom is 0.250 e. The number of likely N-dealkylation sites (N-methyl/N-ethyl adjacent to an activating group) is 1. The summed E-state index contributed by atoms with van der Waals surface area (Å²) in [6, 6.07) is 3.81. The van der Waals surface area contributed by atoms with Gasteiger partial charge in [0.15, 0.2) is 0 Å². The molecular weight excluding hydrogens is 390 g/mol. The van der Waals surface area contributed by atoms with Crippen LogP contribution in [0.1, 0.15) is 38.2 Å². The molecule has 2 aromatic heterocycles. The molecule has 0 aromatic carbocycles. The summed E-state index contributed by atoms with van der Waals surface area (Å²) < 4.78 is 29.8. The Kier molecular flexibility index (Phi) is 6.97. The number of alkyl halides is 2. The highest BCUT2D eigenvalue weighted by Gasteiger charge is 2.27. The molecular formula is C22H26F2N4O2. The second-order valence-electron chi connectivity index (χ2n) is 7.33. The van der Waals surface area contributed by atoms with Gasteiger partial charge in [-0.05, 0) is 50.0 Å². The molecule has 2 heterocycles. The van der Waals surface area contributed by atoms with Crippen molar-refractivity contribution in [3.8, 4) is 0 Å². The Morgan fingerprint density at radius 1 is 1.30 bits per heavy atom. The van der Waals surface area contributed by atoms with Crippen molar-refractivity contribution >= 4 is 29.0 Å². The molecule has 3 rings (SSSR count). The van der Waals surface area contributed by atoms with Gasteiger partial charge in [-0.1, -0.05) is 6.08 Å². The van der Waals surface area contributed by atoms with E-state index in [9.17, 15) is 18.4 Å². The monoisotopic (exact) mass is 416 g/mol. The van der Waals surface area contributed by atoms with Gasteiger partial charge in [-0.3, -0.25) is 9.59 Å². The number of fused-ring (bicyclic) bond motifs is 1. The van der Waals surface area contributed by atoms with Crippen molar-refractivity contribution in [2.24, 2.45) is 0 Å². The van der Waals surface area contributed by atoms with Crippen LogP contribution in [0.2, 0.25) is 0 Å². The molecule has 1 aliphatic carbocycles. The number of nitrogens with one attached hydrogen (secondary N) is 2. The van der Waals surface area contributed by atoms with Gasteiger partial charge in [0.05, 0.1) is 0 Å². The van der Waals surface area contributed by atoms with E-state index in [1.165, 1.54) is 0 Å². The molecule has 6 nitrogen and oxygen atoms in total. The van der Waals surface area contributed by atoms with Crippen molar-refractivity contribution in [3.05, 3.63) is 47.8 Å². The van der Waals surface area contributed by atoms with Gasteiger partial charge in [0, 0.05) is 55.0 Å². The summed E-state index contributed by atoms with van der Waals surface area (Å²) in [5, 5.41) is 5.96. The van der Waals surface area contributed by atoms with Crippen LogP contribution < -0.4 is 10.6 Å². The molecule has 0 saturated carbocycles. The predicted octanol–water partition coefficient (Wildman–Crippen LogP) is 3.44. The zero-order valence-electron chi connectivity index (χ0n) is 17.0. The minimum atomic E-state index is -2.84. The minimum absolute atomic E-state index is 0.0355. The van der Waals surface area contributed by atoms with Crippen LogP contribution in [0.5, 0.6) is 0 Å². The molecule has 0 radical (unpaired) electrons. The normalized spacial score (nSPS) is 14.2. The lowest BCUT2D eigenvalue weighted by atomic mass is 10.0. The third kappa shape index (κ3) is 5.31. The number of nitrogens with zero attached hydrogens (tertiary/aromatic N) is 2. The fraction of sp³-hybridized carbons (Fsp3) is 0.409. The van der Waals surface area contributed by atoms with Gasteiger partial charge < -0.3 is 15.2 Å². The Morgan fingerprint density at radius 2 is 2.13 bits per heavy atom. The first kappa shape index (κ1) is 21.7. The Labute approximate surface area is 174 Å². The second kappa shape index (κ2) is 9.65. The summed E-state index contributed by atoms with van der Waals surface area (Å²) in [7, 11) is 0. The van der Waals surface area contributed by atoms with Gasteiger partial charge in [0.2, 0.25) is 18.2 Å². The van der Waals surface area contributed by atoms with Crippen molar-refractivity contribution < 1.29 is 18.4 Å². The van der Waals surface area contributed by atoms with Gasteiger partial charge in [-0.25, -0.2) is 13.8 Å². The Hall–Kier alpha value is -3.03. The van der Waals surface area contributed by atoms with Crippen LogP contribution in [0, 0.1) is 0 Å². The highest BCUT2D eigenvalue weighted by molar-refractivity contribution is 5.94. The molecule has 0 bridgehead atoms. The number of carbonyl (C=O) groups is 2. The number of halogens is 2. The van der Waals surface area contributed by atoms with Gasteiger partial charge in [-0.2, -0.15) is 0 Å². The predicted molar refractivity (Wildman–Crippen MR) is 112 cm³/mol. The standard InChI is InChI=1S/C22H26F2N4O2/c1-2-26-21(30)17-3-5-19(6-4-17)28-12-8-18-13-16(14-27-20(18)28)7-9-22(23,24)10-11-25-15-29/h3,5,8,12-15H,2,4,6-7,9-11H2,1H3,(H,25,29)(H,26,30). The number of aryl methyl sites for hydroxylation is 1. The van der Waals surface area contributed by atoms with E-state index in [4.69, 9.17) is 0 Å². The summed E-state index contributed by atoms with van der Waals surface area (Å²) in [5.74, 6) is -2.87. The molecule has 0 aliphatic heterocycles. The van der Waals surface area contributed by atoms with Crippen molar-refractivity contribution in [2.45, 2.75) is 45.0 Å². The quantitative estimate of drug-likeness (QED) is 0.460. The second-order valence-corrected chi connectivity index (χ2v) is 7.33. The lowest BCUT2D eigenvalue weighted by Crippen LogP contribution is -2.25. The lowest BCUT2D eigenvalue weighted by Gasteiger charge is -2.16. The first-order chi connectivity index (χ1) is 14.4. The van der Waals surface area contributed by atoms with Crippen LogP contribution in [0.25, 0.3) is 16.7 Å². The topological polar surface area (TPSA) is 76.0 Å². The summed E-state index contributed by atoms with van der Waals surface area (Å²) in [5.41, 5.74) is 3.31. The first-order valence-corrected chi connectivity index (χ1v) is 10.1. The summed E-state index contributed by atoms with van der Waals surface area (Å²) >= 11 is 0. The smallest absolute Gasteiger partial charge is 0.250 e. The van der Waals surface area contributed by atoms with E-state index in [1.54, 1.807) is 6.20 Å². The average Bonchev–Trinajstić information content (AvgIpc) is 3.16. The molecule has 0 saturated heterocycles. The zero-order chi connectivity index (χ0) is 21.6. The van der Waals surface area contributed by atoms with Crippen LogP contribution in [0.4, 0.5) is 8.78 Å². The summed E-state index contributed by atoms with van der Waals surface area (Å²) in [4.78, 5) is 26.6. The van der Waals surface area contributed by atoms with Crippen molar-refractivity contribution in [3.63, 3.8) is 0 Å². The molecule has 0 unspecified atom stereocenters. The Balaban J connectivity index is 1.69. The van der Waals surface area contributed by atoms with E-state index in [0.29, 0.717) is 19.4 Å². The van der Waals surface area contributed by atoms with Crippen LogP contribution in [0.3, 0.4) is 0 Å². The third-order valence-corrected chi connectivity index (χ3v) is 5.15. The number of rotatable bonds is 10. The Bertz CT molecular complexity index is 979. The fourth-order valence-electron chi connectivity index (χ4n) is 3.49. The molecule has 160 valence electrons. The van der Waals surface area contributed by atoms with E-state index in [-0.39, 0.29) is 31.7 Å². The average molecular weight is 416 g/mol. The molecule has 8 heteroatoms. The largest absolute Gasteiger partial charge is 0.358 e. The van der Waals surface area contributed by atoms with E-state index in [0.717, 1.165) is 34.3 Å². The zero-order valence-corrected chi connectivity index (χ0v) is 17.0. The molecule has 0 atom stereocenters. The van der Waals surface area contributed by atoms with Crippen molar-refractivity contribution in [1.29, 1.82) is 0 Å². The fourth-order valence-corrected chi connectivity index (χ4v) is 3.49. The first-order valence-electron chi connectivity index (χ1n) is 10.1. The molecule has 2 aromatic rings. The molecule has 2 amide bonds. The number of aromatic nitrogens is 2. The van der Waals surface area contributed by atoms with Crippen LogP contribution in [-0.4, -0.2) is 40.9 Å². The minimum Gasteiger partial charge on any atom is -0.358 e. The van der Waals surface area contributed by atoms with Crippen LogP contribution in [-0.2, 0) is 16.0 Å². The summed E-state index contributed by atoms with van der Waals surface area (Å²) in [6.07, 6.45) is 8.66. The lowest BCUT2D eigenvalue weighted by molar-refractivity contribution is -0.117. The molecule has 2 N–H and O–H groups in total. The number of carbonyl (C=O) groups excluding carboxylic acids is 2. The molecule has 0 fully saturated rings. The van der Waals surface area contributed by atoms with E-state index in [1.807, 2.05) is 42.0 Å². The number of amides is 2. The van der Waals surface area contributed by atoms with Gasteiger partial charge >= 0.3 is 0 Å². The highest BCUT2D eigenvalue weighted by Crippen LogP contribution is 2.28. The van der Waals surface area contributed by atoms with E-state index < -0.39 is 5.92 Å². The summed E-state index contributed by atoms with van der Waals surface area (Å²) in [6.45, 7) is 2.45. The molecule has 1 aliphatic rings. The molecule has 0 spiro atoms. The third-order valence-electron chi connectivity index (χ3n) is 5.15. The number of hydrogen-bond acceptors (Lipinski definition) is 3. The van der Waals surface area contributed by atoms with E-state index in [2.05, 4.69) is 15.6 Å². The van der Waals surface area contributed by atoms with Crippen LogP contribution in [0.15, 0.2) is 42.3 Å². The van der Waals surface area contributed by atoms with Gasteiger partial charge in [0.1, 0.15) is 5.65 Å². The number of allylic oxidation sites excluding steroid dienone is 3. The van der Waals surface area contributed by atoms with Crippen molar-refractivity contribution in [1.82, 2.24) is 20.2 Å². The molecule has 30 heavy (non-hydrogen) atoms. The maximum absolute atomic E-state index is 13.9. The van der Waals surface area contributed by atoms with Crippen molar-refractivity contribution in [2.75, 3.05) is 13.1 Å². The van der Waals surface area contributed by atoms with Gasteiger partial charge in [-0.15, -0.1) is 0 Å². The van der Waals surface area contributed by atoms with Crippen LogP contribution >= 0.6 is 0 Å². The number of hydrogen-bond donors (Lipinski definition) is 2. The maximum atomic E-state index is 13.9. The highest BCUT2D eigenvalue weighted by atomic mass is 19.3.